The minimum absolute atomic E-state index is 0.0170. The molecule has 1 unspecified atom stereocenters. The molecule has 0 saturated carbocycles. The van der Waals surface area contributed by atoms with Gasteiger partial charge in [0.1, 0.15) is 17.3 Å². The van der Waals surface area contributed by atoms with E-state index in [0.29, 0.717) is 5.69 Å². The number of nitrogens with zero attached hydrogens (tertiary/aromatic N) is 1. The summed E-state index contributed by atoms with van der Waals surface area (Å²) in [5.41, 5.74) is -0.835. The van der Waals surface area contributed by atoms with E-state index < -0.39 is 79.2 Å². The molecule has 2 saturated heterocycles. The zero-order chi connectivity index (χ0) is 29.9. The van der Waals surface area contributed by atoms with E-state index in [4.69, 9.17) is 14.0 Å². The van der Waals surface area contributed by atoms with Gasteiger partial charge in [0.2, 0.25) is 0 Å². The minimum atomic E-state index is -3.32. The molecule has 1 aromatic carbocycles. The number of Topliss-reactive ketones (excluding diaryl/α,β-unsaturated/α-hetero) is 1. The number of carboxylic acids is 1. The predicted molar refractivity (Wildman–Crippen MR) is 144 cm³/mol. The average Bonchev–Trinajstić information content (AvgIpc) is 2.90. The number of fused-ring (bicyclic) bond motifs is 2. The van der Waals surface area contributed by atoms with Gasteiger partial charge in [-0.15, -0.1) is 0 Å². The maximum atomic E-state index is 13.6. The molecule has 41 heavy (non-hydrogen) atoms. The van der Waals surface area contributed by atoms with Crippen LogP contribution in [-0.4, -0.2) is 69.3 Å². The van der Waals surface area contributed by atoms with Crippen LogP contribution in [0.4, 0.5) is 0 Å². The smallest absolute Gasteiger partial charge is 0.499 e. The fraction of sp³-hybridized carbons (Fsp3) is 0.429. The summed E-state index contributed by atoms with van der Waals surface area (Å²) in [6.07, 6.45) is -3.03. The molecule has 218 valence electrons. The summed E-state index contributed by atoms with van der Waals surface area (Å²) in [6, 6.07) is 12.6. The SMILES string of the molecule is CC(C)CC(CC(=O)[C@@H](NC(=O)c1cccc(-c2ccccc2)n1)[C@@H](C)O)[B-]12OC(=O)CC(C(=O)O)(CC(=O)O1)O2. The van der Waals surface area contributed by atoms with Crippen LogP contribution in [0.1, 0.15) is 56.9 Å². The number of carbonyl (C=O) groups is 5. The average molecular weight is 567 g/mol. The van der Waals surface area contributed by atoms with E-state index in [0.717, 1.165) is 5.56 Å². The van der Waals surface area contributed by atoms with Crippen molar-refractivity contribution < 1.29 is 48.1 Å². The lowest BCUT2D eigenvalue weighted by molar-refractivity contribution is -0.194. The van der Waals surface area contributed by atoms with Gasteiger partial charge < -0.3 is 29.5 Å². The van der Waals surface area contributed by atoms with E-state index >= 15 is 0 Å². The number of aliphatic hydroxyl groups is 1. The Morgan fingerprint density at radius 3 is 2.20 bits per heavy atom. The molecule has 3 atom stereocenters. The second kappa shape index (κ2) is 11.8. The Morgan fingerprint density at radius 1 is 1.00 bits per heavy atom. The molecule has 2 aliphatic rings. The van der Waals surface area contributed by atoms with E-state index in [-0.39, 0.29) is 18.0 Å². The number of hydrogen-bond donors (Lipinski definition) is 3. The number of aromatic nitrogens is 1. The van der Waals surface area contributed by atoms with Crippen LogP contribution < -0.4 is 5.32 Å². The molecule has 2 aromatic rings. The zero-order valence-corrected chi connectivity index (χ0v) is 22.9. The molecule has 0 spiro atoms. The third-order valence-corrected chi connectivity index (χ3v) is 7.21. The van der Waals surface area contributed by atoms with Crippen LogP contribution in [-0.2, 0) is 33.1 Å². The number of aliphatic hydroxyl groups excluding tert-OH is 1. The van der Waals surface area contributed by atoms with Gasteiger partial charge in [-0.1, -0.05) is 62.5 Å². The molecule has 4 rings (SSSR count). The fourth-order valence-corrected chi connectivity index (χ4v) is 5.34. The van der Waals surface area contributed by atoms with E-state index in [1.165, 1.54) is 13.0 Å². The molecule has 2 fully saturated rings. The number of rotatable bonds is 11. The highest BCUT2D eigenvalue weighted by atomic mass is 16.8. The maximum absolute atomic E-state index is 13.6. The Balaban J connectivity index is 1.58. The molecule has 13 heteroatoms. The second-order valence-electron chi connectivity index (χ2n) is 11.0. The highest BCUT2D eigenvalue weighted by Crippen LogP contribution is 2.46. The summed E-state index contributed by atoms with van der Waals surface area (Å²) in [5, 5.41) is 22.8. The van der Waals surface area contributed by atoms with E-state index in [1.54, 1.807) is 12.1 Å². The van der Waals surface area contributed by atoms with Crippen molar-refractivity contribution in [2.45, 2.75) is 70.0 Å². The Bertz CT molecular complexity index is 1330. The van der Waals surface area contributed by atoms with Crippen molar-refractivity contribution in [3.63, 3.8) is 0 Å². The monoisotopic (exact) mass is 567 g/mol. The molecule has 0 aliphatic carbocycles. The predicted octanol–water partition coefficient (Wildman–Crippen LogP) is 2.28. The second-order valence-corrected chi connectivity index (χ2v) is 11.0. The molecule has 2 aliphatic heterocycles. The summed E-state index contributed by atoms with van der Waals surface area (Å²) in [7, 11) is 0. The first-order valence-corrected chi connectivity index (χ1v) is 13.4. The number of hydrogen-bond acceptors (Lipinski definition) is 10. The van der Waals surface area contributed by atoms with E-state index in [1.807, 2.05) is 44.2 Å². The standard InChI is InChI=1S/C28H32BN2O10/c1-16(2)12-19(29-39-23(34)14-28(41-29,27(37)38)15-24(35)40-29)13-22(33)25(17(3)32)31-26(36)21-11-7-10-20(30-21)18-8-5-4-6-9-18/h4-11,16-17,19,25,32H,12-15H2,1-3H3,(H,31,36)(H,37,38)/q-1/t17-,19?,25+,28?,29?/m1/s1. The summed E-state index contributed by atoms with van der Waals surface area (Å²) < 4.78 is 16.5. The van der Waals surface area contributed by atoms with Crippen molar-refractivity contribution >= 4 is 36.4 Å². The highest BCUT2D eigenvalue weighted by Gasteiger charge is 2.61. The van der Waals surface area contributed by atoms with Gasteiger partial charge in [-0.05, 0) is 31.4 Å². The number of amides is 1. The minimum Gasteiger partial charge on any atom is -0.633 e. The lowest BCUT2D eigenvalue weighted by Crippen LogP contribution is -2.69. The molecule has 1 aromatic heterocycles. The Hall–Kier alpha value is -4.10. The van der Waals surface area contributed by atoms with Gasteiger partial charge in [0.15, 0.2) is 5.78 Å². The number of benzene rings is 1. The van der Waals surface area contributed by atoms with Crippen LogP contribution >= 0.6 is 0 Å². The van der Waals surface area contributed by atoms with Gasteiger partial charge in [-0.3, -0.25) is 19.2 Å². The van der Waals surface area contributed by atoms with Gasteiger partial charge in [-0.25, -0.2) is 9.78 Å². The van der Waals surface area contributed by atoms with Gasteiger partial charge in [0, 0.05) is 5.56 Å². The van der Waals surface area contributed by atoms with Crippen molar-refractivity contribution in [3.05, 3.63) is 54.2 Å². The molecular formula is C28H32BN2O10-. The molecule has 3 heterocycles. The first-order chi connectivity index (χ1) is 19.3. The maximum Gasteiger partial charge on any atom is 0.499 e. The number of nitrogens with one attached hydrogen (secondary N) is 1. The molecule has 1 amide bonds. The third kappa shape index (κ3) is 6.46. The normalized spacial score (nSPS) is 24.0. The van der Waals surface area contributed by atoms with Gasteiger partial charge >= 0.3 is 12.7 Å². The van der Waals surface area contributed by atoms with Crippen molar-refractivity contribution in [2.75, 3.05) is 0 Å². The summed E-state index contributed by atoms with van der Waals surface area (Å²) >= 11 is 0. The largest absolute Gasteiger partial charge is 0.633 e. The highest BCUT2D eigenvalue weighted by molar-refractivity contribution is 6.67. The number of carbonyl (C=O) groups excluding carboxylic acids is 4. The Labute approximate surface area is 236 Å². The van der Waals surface area contributed by atoms with Gasteiger partial charge in [0.05, 0.1) is 24.6 Å². The van der Waals surface area contributed by atoms with Crippen molar-refractivity contribution in [3.8, 4) is 11.3 Å². The molecule has 2 bridgehead atoms. The lowest BCUT2D eigenvalue weighted by atomic mass is 9.55. The van der Waals surface area contributed by atoms with Crippen molar-refractivity contribution in [1.82, 2.24) is 10.3 Å². The van der Waals surface area contributed by atoms with Crippen LogP contribution in [0.15, 0.2) is 48.5 Å². The number of carboxylic acid groups (broad SMARTS) is 1. The third-order valence-electron chi connectivity index (χ3n) is 7.21. The first kappa shape index (κ1) is 29.9. The van der Waals surface area contributed by atoms with Crippen LogP contribution in [0.25, 0.3) is 11.3 Å². The van der Waals surface area contributed by atoms with Crippen LogP contribution in [0.5, 0.6) is 0 Å². The summed E-state index contributed by atoms with van der Waals surface area (Å²) in [4.78, 5) is 68.2. The Morgan fingerprint density at radius 2 is 1.63 bits per heavy atom. The van der Waals surface area contributed by atoms with Gasteiger partial charge in [0.25, 0.3) is 17.8 Å². The van der Waals surface area contributed by atoms with Crippen LogP contribution in [0, 0.1) is 5.92 Å². The van der Waals surface area contributed by atoms with Crippen molar-refractivity contribution in [2.24, 2.45) is 5.92 Å². The van der Waals surface area contributed by atoms with Crippen molar-refractivity contribution in [1.29, 1.82) is 0 Å². The Kier molecular flexibility index (Phi) is 8.59. The zero-order valence-electron chi connectivity index (χ0n) is 22.9. The lowest BCUT2D eigenvalue weighted by Gasteiger charge is -2.57. The fourth-order valence-electron chi connectivity index (χ4n) is 5.34. The van der Waals surface area contributed by atoms with E-state index in [2.05, 4.69) is 10.3 Å². The molecular weight excluding hydrogens is 535 g/mol. The number of ketones is 1. The summed E-state index contributed by atoms with van der Waals surface area (Å²) in [5.74, 6) is -5.96. The summed E-state index contributed by atoms with van der Waals surface area (Å²) in [6.45, 7) is 1.62. The van der Waals surface area contributed by atoms with E-state index in [9.17, 15) is 34.2 Å². The quantitative estimate of drug-likeness (QED) is 0.339. The topological polar surface area (TPSA) is 178 Å². The molecule has 0 radical (unpaired) electrons. The van der Waals surface area contributed by atoms with Crippen LogP contribution in [0.2, 0.25) is 5.82 Å². The number of aliphatic carboxylic acids is 1. The van der Waals surface area contributed by atoms with Crippen LogP contribution in [0.3, 0.4) is 0 Å². The number of pyridine rings is 1. The first-order valence-electron chi connectivity index (χ1n) is 13.4. The van der Waals surface area contributed by atoms with Gasteiger partial charge in [-0.2, -0.15) is 0 Å². The molecule has 3 N–H and O–H groups in total. The molecule has 12 nitrogen and oxygen atoms in total.